The zero-order chi connectivity index (χ0) is 27.6. The molecule has 0 fully saturated rings. The third-order valence-electron chi connectivity index (χ3n) is 7.41. The van der Waals surface area contributed by atoms with Gasteiger partial charge in [-0.1, -0.05) is 99.6 Å². The van der Waals surface area contributed by atoms with Crippen molar-refractivity contribution in [2.45, 2.75) is 40.0 Å². The first kappa shape index (κ1) is 26.4. The van der Waals surface area contributed by atoms with Crippen molar-refractivity contribution in [1.82, 2.24) is 0 Å². The second kappa shape index (κ2) is 10.9. The van der Waals surface area contributed by atoms with E-state index >= 15 is 0 Å². The van der Waals surface area contributed by atoms with Gasteiger partial charge in [-0.15, -0.1) is 0 Å². The average Bonchev–Trinajstić information content (AvgIpc) is 2.92. The third-order valence-corrected chi connectivity index (χ3v) is 7.41. The van der Waals surface area contributed by atoms with E-state index in [9.17, 15) is 0 Å². The molecule has 4 heteroatoms. The third kappa shape index (κ3) is 5.51. The van der Waals surface area contributed by atoms with Crippen molar-refractivity contribution in [1.29, 1.82) is 0 Å². The van der Waals surface area contributed by atoms with Crippen LogP contribution in [0.5, 0.6) is 11.6 Å². The molecule has 0 saturated carbocycles. The highest BCUT2D eigenvalue weighted by molar-refractivity contribution is 6.78. The molecule has 5 rings (SSSR count). The summed E-state index contributed by atoms with van der Waals surface area (Å²) in [6, 6.07) is 36.3. The van der Waals surface area contributed by atoms with E-state index in [1.54, 1.807) is 0 Å². The molecule has 2 heterocycles. The molecule has 0 bridgehead atoms. The van der Waals surface area contributed by atoms with Crippen LogP contribution >= 0.6 is 0 Å². The number of hydrogen-bond donors (Lipinski definition) is 0. The summed E-state index contributed by atoms with van der Waals surface area (Å²) in [5.74, 6) is 1.68. The molecule has 0 aliphatic heterocycles. The normalized spacial score (nSPS) is 11.3. The minimum Gasteiger partial charge on any atom is -0.406 e. The number of nitrogens with zero attached hydrogens (tertiary/aromatic N) is 2. The van der Waals surface area contributed by atoms with Gasteiger partial charge in [0.1, 0.15) is 19.0 Å². The average molecular weight is 513 g/mol. The van der Waals surface area contributed by atoms with E-state index in [1.807, 2.05) is 6.07 Å². The van der Waals surface area contributed by atoms with Gasteiger partial charge in [-0.3, -0.25) is 0 Å². The van der Waals surface area contributed by atoms with Crippen LogP contribution in [0.2, 0.25) is 0 Å². The maximum Gasteiger partial charge on any atom is 0.562 e. The highest BCUT2D eigenvalue weighted by atomic mass is 16.5. The van der Waals surface area contributed by atoms with Crippen LogP contribution in [0.1, 0.15) is 37.5 Å². The smallest absolute Gasteiger partial charge is 0.406 e. The van der Waals surface area contributed by atoms with Crippen molar-refractivity contribution in [3.8, 4) is 22.9 Å². The molecule has 5 aromatic rings. The molecule has 0 N–H and O–H groups in total. The van der Waals surface area contributed by atoms with Gasteiger partial charge in [-0.05, 0) is 42.0 Å². The lowest BCUT2D eigenvalue weighted by Crippen LogP contribution is -2.66. The summed E-state index contributed by atoms with van der Waals surface area (Å²) in [5, 5.41) is 0. The highest BCUT2D eigenvalue weighted by Gasteiger charge is 2.40. The quantitative estimate of drug-likeness (QED) is 0.207. The molecular weight excluding hydrogens is 475 g/mol. The topological polar surface area (TPSA) is 17.0 Å². The molecule has 0 aliphatic rings. The number of aryl methyl sites for hydroxylation is 3. The van der Waals surface area contributed by atoms with E-state index in [0.29, 0.717) is 0 Å². The van der Waals surface area contributed by atoms with E-state index in [4.69, 9.17) is 4.74 Å². The Hall–Kier alpha value is -4.18. The number of para-hydroxylation sites is 1. The van der Waals surface area contributed by atoms with Gasteiger partial charge in [0.25, 0.3) is 0 Å². The van der Waals surface area contributed by atoms with E-state index < -0.39 is 0 Å². The van der Waals surface area contributed by atoms with Crippen LogP contribution in [0.15, 0.2) is 116 Å². The van der Waals surface area contributed by atoms with Gasteiger partial charge in [-0.25, -0.2) is 9.05 Å². The summed E-state index contributed by atoms with van der Waals surface area (Å²) in [7, 11) is 2.11. The Morgan fingerprint density at radius 2 is 1.26 bits per heavy atom. The molecule has 0 amide bonds. The van der Waals surface area contributed by atoms with Crippen molar-refractivity contribution in [2.24, 2.45) is 7.05 Å². The SMILES string of the molecule is Cc1ccccc1Oc1c(-c2cc(C(C)(C)C)cc[n+]2C)c(C)cc[n+]1B(c1ccccc1)c1ccccc1. The molecule has 0 unspecified atom stereocenters. The van der Waals surface area contributed by atoms with Gasteiger partial charge in [0.2, 0.25) is 5.69 Å². The lowest BCUT2D eigenvalue weighted by Gasteiger charge is -2.20. The van der Waals surface area contributed by atoms with Crippen molar-refractivity contribution < 1.29 is 13.8 Å². The Morgan fingerprint density at radius 1 is 0.667 bits per heavy atom. The summed E-state index contributed by atoms with van der Waals surface area (Å²) in [6.45, 7) is 11.0. The molecular formula is C35H37BN2O+2. The largest absolute Gasteiger partial charge is 0.562 e. The molecule has 194 valence electrons. The summed E-state index contributed by atoms with van der Waals surface area (Å²) < 4.78 is 11.5. The van der Waals surface area contributed by atoms with Gasteiger partial charge in [-0.2, -0.15) is 0 Å². The van der Waals surface area contributed by atoms with Crippen LogP contribution in [-0.2, 0) is 12.5 Å². The van der Waals surface area contributed by atoms with Crippen molar-refractivity contribution >= 4 is 17.8 Å². The molecule has 0 spiro atoms. The number of benzene rings is 3. The Morgan fingerprint density at radius 3 is 1.85 bits per heavy atom. The van der Waals surface area contributed by atoms with E-state index in [-0.39, 0.29) is 12.3 Å². The van der Waals surface area contributed by atoms with Gasteiger partial charge in [0, 0.05) is 29.1 Å². The lowest BCUT2D eigenvalue weighted by atomic mass is 9.50. The van der Waals surface area contributed by atoms with Gasteiger partial charge in [0.15, 0.2) is 11.8 Å². The molecule has 39 heavy (non-hydrogen) atoms. The van der Waals surface area contributed by atoms with E-state index in [1.165, 1.54) is 16.5 Å². The minimum absolute atomic E-state index is 0.0231. The first-order chi connectivity index (χ1) is 18.7. The van der Waals surface area contributed by atoms with Crippen LogP contribution < -0.4 is 24.7 Å². The van der Waals surface area contributed by atoms with E-state index in [2.05, 4.69) is 160 Å². The summed E-state index contributed by atoms with van der Waals surface area (Å²) in [4.78, 5) is 0. The number of rotatable bonds is 6. The highest BCUT2D eigenvalue weighted by Crippen LogP contribution is 2.34. The maximum absolute atomic E-state index is 6.96. The molecule has 3 aromatic carbocycles. The van der Waals surface area contributed by atoms with Crippen molar-refractivity contribution in [2.75, 3.05) is 0 Å². The maximum atomic E-state index is 6.96. The Labute approximate surface area is 233 Å². The fourth-order valence-corrected chi connectivity index (χ4v) is 5.10. The van der Waals surface area contributed by atoms with Crippen LogP contribution in [0.3, 0.4) is 0 Å². The number of pyridine rings is 2. The van der Waals surface area contributed by atoms with Crippen LogP contribution in [0.4, 0.5) is 0 Å². The number of ether oxygens (including phenoxy) is 1. The molecule has 2 aromatic heterocycles. The zero-order valence-electron chi connectivity index (χ0n) is 23.8. The van der Waals surface area contributed by atoms with Gasteiger partial charge in [0.05, 0.1) is 0 Å². The molecule has 0 radical (unpaired) electrons. The lowest BCUT2D eigenvalue weighted by molar-refractivity contribution is -0.660. The summed E-state index contributed by atoms with van der Waals surface area (Å²) in [6.07, 6.45) is 4.33. The minimum atomic E-state index is -0.0677. The second-order valence-electron chi connectivity index (χ2n) is 11.3. The van der Waals surface area contributed by atoms with Crippen molar-refractivity contribution in [3.05, 3.63) is 132 Å². The Kier molecular flexibility index (Phi) is 7.39. The van der Waals surface area contributed by atoms with Crippen LogP contribution in [0, 0.1) is 13.8 Å². The fourth-order valence-electron chi connectivity index (χ4n) is 5.10. The van der Waals surface area contributed by atoms with Crippen LogP contribution in [0.25, 0.3) is 11.3 Å². The summed E-state index contributed by atoms with van der Waals surface area (Å²) in [5.41, 5.74) is 8.18. The summed E-state index contributed by atoms with van der Waals surface area (Å²) >= 11 is 0. The molecule has 0 aliphatic carbocycles. The van der Waals surface area contributed by atoms with Crippen LogP contribution in [-0.4, -0.2) is 6.85 Å². The Bertz CT molecular complexity index is 1550. The fraction of sp³-hybridized carbons (Fsp3) is 0.200. The molecule has 0 atom stereocenters. The molecule has 3 nitrogen and oxygen atoms in total. The first-order valence-electron chi connectivity index (χ1n) is 13.6. The zero-order valence-corrected chi connectivity index (χ0v) is 23.8. The number of hydrogen-bond acceptors (Lipinski definition) is 1. The predicted octanol–water partition coefficient (Wildman–Crippen LogP) is 5.83. The van der Waals surface area contributed by atoms with E-state index in [0.717, 1.165) is 34.0 Å². The predicted molar refractivity (Wildman–Crippen MR) is 161 cm³/mol. The van der Waals surface area contributed by atoms with Gasteiger partial charge >= 0.3 is 12.7 Å². The standard InChI is InChI=1S/C35H37BN2O/c1-26-15-13-14-20-32(26)39-34-33(31-25-28(35(3,4)5)22-23-37(31)6)27(2)21-24-38(34)36(29-16-9-7-10-17-29)30-18-11-8-12-19-30/h7-25H,1-6H3/q+2. The second-order valence-corrected chi connectivity index (χ2v) is 11.3. The van der Waals surface area contributed by atoms with Crippen molar-refractivity contribution in [3.63, 3.8) is 0 Å². The monoisotopic (exact) mass is 512 g/mol. The Balaban J connectivity index is 1.84. The number of aromatic nitrogens is 2. The first-order valence-corrected chi connectivity index (χ1v) is 13.6. The van der Waals surface area contributed by atoms with Gasteiger partial charge < -0.3 is 4.74 Å². The molecule has 0 saturated heterocycles.